The summed E-state index contributed by atoms with van der Waals surface area (Å²) >= 11 is 0. The minimum absolute atomic E-state index is 0.00316. The van der Waals surface area contributed by atoms with Crippen LogP contribution in [0.3, 0.4) is 0 Å². The molecule has 2 aliphatic carbocycles. The molecule has 0 aliphatic heterocycles. The predicted molar refractivity (Wildman–Crippen MR) is 199 cm³/mol. The molecule has 0 aromatic heterocycles. The second-order valence-corrected chi connectivity index (χ2v) is 14.0. The number of allylic oxidation sites excluding steroid dienone is 1. The zero-order valence-corrected chi connectivity index (χ0v) is 30.3. The van der Waals surface area contributed by atoms with Gasteiger partial charge in [-0.25, -0.2) is 4.99 Å². The van der Waals surface area contributed by atoms with Crippen LogP contribution in [0.25, 0.3) is 0 Å². The number of guanidine groups is 1. The van der Waals surface area contributed by atoms with Crippen LogP contribution in [0.5, 0.6) is 17.2 Å². The molecule has 2 aromatic carbocycles. The number of carbonyl (C=O) groups excluding carboxylic acids is 2. The van der Waals surface area contributed by atoms with Gasteiger partial charge in [-0.15, -0.1) is 0 Å². The van der Waals surface area contributed by atoms with Gasteiger partial charge in [-0.3, -0.25) is 4.79 Å². The van der Waals surface area contributed by atoms with Crippen molar-refractivity contribution in [3.8, 4) is 29.1 Å². The second kappa shape index (κ2) is 19.3. The van der Waals surface area contributed by atoms with E-state index in [0.717, 1.165) is 43.2 Å². The molecule has 0 radical (unpaired) electrons. The van der Waals surface area contributed by atoms with Crippen LogP contribution in [0.15, 0.2) is 47.0 Å². The van der Waals surface area contributed by atoms with Crippen molar-refractivity contribution >= 4 is 17.5 Å². The van der Waals surface area contributed by atoms with Crippen LogP contribution < -0.4 is 16.2 Å². The van der Waals surface area contributed by atoms with Gasteiger partial charge < -0.3 is 41.1 Å². The number of fused-ring (bicyclic) bond motifs is 1. The van der Waals surface area contributed by atoms with Gasteiger partial charge in [-0.2, -0.15) is 0 Å². The van der Waals surface area contributed by atoms with Crippen LogP contribution in [0, 0.1) is 17.8 Å². The van der Waals surface area contributed by atoms with Crippen molar-refractivity contribution in [2.24, 2.45) is 22.4 Å². The van der Waals surface area contributed by atoms with Crippen molar-refractivity contribution in [3.63, 3.8) is 0 Å². The Bertz CT molecular complexity index is 1630. The normalized spacial score (nSPS) is 20.9. The van der Waals surface area contributed by atoms with Crippen molar-refractivity contribution in [2.45, 2.75) is 115 Å². The summed E-state index contributed by atoms with van der Waals surface area (Å²) in [5, 5.41) is 32.4. The maximum absolute atomic E-state index is 13.3. The third kappa shape index (κ3) is 11.1. The lowest BCUT2D eigenvalue weighted by atomic mass is 9.74. The lowest BCUT2D eigenvalue weighted by Gasteiger charge is -2.32. The van der Waals surface area contributed by atoms with Gasteiger partial charge in [0, 0.05) is 37.7 Å². The van der Waals surface area contributed by atoms with Crippen molar-refractivity contribution in [3.05, 3.63) is 64.2 Å². The van der Waals surface area contributed by atoms with E-state index in [-0.39, 0.29) is 66.4 Å². The average molecular weight is 702 g/mol. The first-order chi connectivity index (χ1) is 24.5. The number of phenolic OH excluding ortho intramolecular Hbond substituents is 2. The molecule has 1 fully saturated rings. The maximum Gasteiger partial charge on any atom is 0.186 e. The van der Waals surface area contributed by atoms with E-state index < -0.39 is 12.0 Å². The molecular formula is C41H55N3O7. The number of ether oxygens (including phenoxy) is 2. The smallest absolute Gasteiger partial charge is 0.186 e. The number of nitrogens with zero attached hydrogens (tertiary/aromatic N) is 1. The predicted octanol–water partition coefficient (Wildman–Crippen LogP) is 5.93. The van der Waals surface area contributed by atoms with Crippen LogP contribution in [0.2, 0.25) is 0 Å². The molecular weight excluding hydrogens is 646 g/mol. The zero-order chi connectivity index (χ0) is 36.9. The summed E-state index contributed by atoms with van der Waals surface area (Å²) in [7, 11) is 1.63. The van der Waals surface area contributed by atoms with Crippen LogP contribution in [0.1, 0.15) is 119 Å². The molecule has 0 spiro atoms. The van der Waals surface area contributed by atoms with Gasteiger partial charge in [0.05, 0.1) is 24.7 Å². The quantitative estimate of drug-likeness (QED) is 0.0615. The summed E-state index contributed by atoms with van der Waals surface area (Å²) in [5.74, 6) is 6.07. The van der Waals surface area contributed by atoms with E-state index >= 15 is 0 Å². The number of aliphatic hydroxyl groups is 1. The van der Waals surface area contributed by atoms with Gasteiger partial charge in [0.2, 0.25) is 0 Å². The third-order valence-corrected chi connectivity index (χ3v) is 10.0. The largest absolute Gasteiger partial charge is 0.508 e. The molecule has 4 atom stereocenters. The second-order valence-electron chi connectivity index (χ2n) is 14.0. The number of nitrogens with two attached hydrogens (primary N) is 2. The number of carbonyl (C=O) groups is 2. The molecule has 4 rings (SSSR count). The van der Waals surface area contributed by atoms with Gasteiger partial charge in [0.1, 0.15) is 11.5 Å². The number of hydrogen-bond acceptors (Lipinski definition) is 8. The molecule has 51 heavy (non-hydrogen) atoms. The van der Waals surface area contributed by atoms with Crippen molar-refractivity contribution in [1.29, 1.82) is 0 Å². The number of Topliss-reactive ketones (excluding diaryl/α,β-unsaturated/α-hetero) is 1. The Balaban J connectivity index is 2.00. The van der Waals surface area contributed by atoms with Crippen molar-refractivity contribution < 1.29 is 34.4 Å². The third-order valence-electron chi connectivity index (χ3n) is 10.0. The molecule has 0 amide bonds. The van der Waals surface area contributed by atoms with Crippen molar-refractivity contribution in [1.82, 2.24) is 0 Å². The number of benzene rings is 2. The molecule has 0 heterocycles. The van der Waals surface area contributed by atoms with Gasteiger partial charge in [0.15, 0.2) is 23.2 Å². The molecule has 4 unspecified atom stereocenters. The standard InChI is InChI=1S/C41H55N3O7/c1-4-8-27(24-45)21-32(48)16-14-29-23-38(51-33-11-5-6-12-33)40(49)39-35(29)19-18-34(28-9-7-10-31(47)22-28)37(44-41(42)43)20-15-30(25-50-3)36(39)17-13-26(2)46/h7,9-10,21-23,30,33-34,36-37,45,47,49H,4-6,8,11-17,20,24-25H2,1-3H3,(H4,42,43,44). The molecule has 2 aromatic rings. The number of hydrogen-bond donors (Lipinski definition) is 5. The molecule has 2 aliphatic rings. The Kier molecular flexibility index (Phi) is 15.0. The van der Waals surface area contributed by atoms with Crippen molar-refractivity contribution in [2.75, 3.05) is 20.3 Å². The molecule has 1 saturated carbocycles. The Labute approximate surface area is 302 Å². The van der Waals surface area contributed by atoms with E-state index in [0.29, 0.717) is 61.2 Å². The van der Waals surface area contributed by atoms with Crippen LogP contribution in [0.4, 0.5) is 0 Å². The van der Waals surface area contributed by atoms with Gasteiger partial charge in [-0.05, 0) is 118 Å². The fraction of sp³-hybridized carbons (Fsp3) is 0.537. The van der Waals surface area contributed by atoms with Crippen LogP contribution >= 0.6 is 0 Å². The first kappa shape index (κ1) is 39.5. The molecule has 276 valence electrons. The Morgan fingerprint density at radius 3 is 2.47 bits per heavy atom. The Hall–Kier alpha value is -4.33. The van der Waals surface area contributed by atoms with Gasteiger partial charge >= 0.3 is 0 Å². The summed E-state index contributed by atoms with van der Waals surface area (Å²) in [6.07, 6.45) is 9.09. The first-order valence-electron chi connectivity index (χ1n) is 18.3. The highest BCUT2D eigenvalue weighted by Gasteiger charge is 2.34. The van der Waals surface area contributed by atoms with Crippen LogP contribution in [-0.2, 0) is 20.7 Å². The SMILES string of the molecule is CCCC(=CC(=O)CCc1cc(OC2CCCC2)c(O)c2c1C#CC(c1cccc(O)c1)C(N=C(N)N)CCC(COC)C2CCC(C)=O)CO. The number of rotatable bonds is 16. The highest BCUT2D eigenvalue weighted by atomic mass is 16.5. The highest BCUT2D eigenvalue weighted by molar-refractivity contribution is 5.90. The van der Waals surface area contributed by atoms with Gasteiger partial charge in [-0.1, -0.05) is 37.3 Å². The molecule has 10 nitrogen and oxygen atoms in total. The number of methoxy groups -OCH3 is 1. The summed E-state index contributed by atoms with van der Waals surface area (Å²) in [6, 6.07) is 8.21. The monoisotopic (exact) mass is 701 g/mol. The number of aliphatic hydroxyl groups excluding tert-OH is 1. The number of phenols is 2. The Morgan fingerprint density at radius 2 is 1.82 bits per heavy atom. The van der Waals surface area contributed by atoms with Crippen LogP contribution in [-0.4, -0.2) is 65.3 Å². The summed E-state index contributed by atoms with van der Waals surface area (Å²) < 4.78 is 12.3. The van der Waals surface area contributed by atoms with E-state index in [4.69, 9.17) is 20.9 Å². The zero-order valence-electron chi connectivity index (χ0n) is 30.3. The lowest BCUT2D eigenvalue weighted by Crippen LogP contribution is -2.29. The van der Waals surface area contributed by atoms with E-state index in [1.54, 1.807) is 32.2 Å². The first-order valence-corrected chi connectivity index (χ1v) is 18.3. The number of aromatic hydroxyl groups is 2. The highest BCUT2D eigenvalue weighted by Crippen LogP contribution is 2.47. The summed E-state index contributed by atoms with van der Waals surface area (Å²) in [6.45, 7) is 3.72. The van der Waals surface area contributed by atoms with Gasteiger partial charge in [0.25, 0.3) is 0 Å². The van der Waals surface area contributed by atoms with E-state index in [1.807, 2.05) is 19.1 Å². The van der Waals surface area contributed by atoms with E-state index in [9.17, 15) is 24.9 Å². The fourth-order valence-corrected chi connectivity index (χ4v) is 7.52. The fourth-order valence-electron chi connectivity index (χ4n) is 7.52. The number of aryl methyl sites for hydroxylation is 1. The Morgan fingerprint density at radius 1 is 1.06 bits per heavy atom. The molecule has 0 saturated heterocycles. The minimum atomic E-state index is -0.529. The number of ketones is 2. The molecule has 7 N–H and O–H groups in total. The summed E-state index contributed by atoms with van der Waals surface area (Å²) in [5.41, 5.74) is 15.2. The molecule has 10 heteroatoms. The topological polar surface area (TPSA) is 178 Å². The maximum atomic E-state index is 13.3. The summed E-state index contributed by atoms with van der Waals surface area (Å²) in [4.78, 5) is 30.3. The lowest BCUT2D eigenvalue weighted by molar-refractivity contribution is -0.117. The molecule has 0 bridgehead atoms. The van der Waals surface area contributed by atoms with E-state index in [2.05, 4.69) is 16.8 Å². The van der Waals surface area contributed by atoms with E-state index in [1.165, 1.54) is 6.08 Å². The average Bonchev–Trinajstić information content (AvgIpc) is 3.60. The minimum Gasteiger partial charge on any atom is -0.508 e. The number of aliphatic imine (C=N–C) groups is 1.